The highest BCUT2D eigenvalue weighted by atomic mass is 32.2. The molecule has 0 saturated heterocycles. The highest BCUT2D eigenvalue weighted by Gasteiger charge is 2.28. The molecule has 1 amide bonds. The van der Waals surface area contributed by atoms with Gasteiger partial charge in [-0.1, -0.05) is 74.5 Å². The molecule has 9 nitrogen and oxygen atoms in total. The fourth-order valence-electron chi connectivity index (χ4n) is 4.29. The zero-order chi connectivity index (χ0) is 27.8. The second kappa shape index (κ2) is 13.4. The number of amides is 1. The smallest absolute Gasteiger partial charge is 0.407 e. The summed E-state index contributed by atoms with van der Waals surface area (Å²) < 4.78 is 20.7. The monoisotopic (exact) mass is 550 g/mol. The molecular formula is C29H34N4O5S. The molecule has 206 valence electrons. The predicted molar refractivity (Wildman–Crippen MR) is 151 cm³/mol. The Labute approximate surface area is 229 Å². The van der Waals surface area contributed by atoms with Gasteiger partial charge in [0.1, 0.15) is 17.6 Å². The van der Waals surface area contributed by atoms with Gasteiger partial charge >= 0.3 is 11.8 Å². The molecule has 0 radical (unpaired) electrons. The van der Waals surface area contributed by atoms with E-state index in [4.69, 9.17) is 4.74 Å². The van der Waals surface area contributed by atoms with E-state index in [0.717, 1.165) is 11.1 Å². The molecule has 0 fully saturated rings. The maximum absolute atomic E-state index is 13.6. The van der Waals surface area contributed by atoms with Crippen LogP contribution in [0.15, 0.2) is 88.6 Å². The van der Waals surface area contributed by atoms with Gasteiger partial charge in [-0.05, 0) is 41.7 Å². The van der Waals surface area contributed by atoms with Crippen molar-refractivity contribution in [1.82, 2.24) is 19.6 Å². The molecule has 3 aromatic carbocycles. The lowest BCUT2D eigenvalue weighted by atomic mass is 10.0. The van der Waals surface area contributed by atoms with Crippen LogP contribution in [-0.4, -0.2) is 54.9 Å². The fraction of sp³-hybridized carbons (Fsp3) is 0.310. The molecule has 3 atom stereocenters. The van der Waals surface area contributed by atoms with Crippen molar-refractivity contribution in [2.45, 2.75) is 43.9 Å². The number of aromatic nitrogens is 2. The van der Waals surface area contributed by atoms with E-state index in [2.05, 4.69) is 15.3 Å². The molecule has 4 aromatic rings. The zero-order valence-corrected chi connectivity index (χ0v) is 22.8. The first-order valence-electron chi connectivity index (χ1n) is 12.9. The first-order chi connectivity index (χ1) is 18.8. The molecule has 1 heterocycles. The van der Waals surface area contributed by atoms with E-state index in [9.17, 15) is 18.9 Å². The summed E-state index contributed by atoms with van der Waals surface area (Å²) in [4.78, 5) is 30.2. The molecular weight excluding hydrogens is 516 g/mol. The van der Waals surface area contributed by atoms with E-state index in [1.807, 2.05) is 74.5 Å². The number of carbonyl (C=O) groups excluding carboxylic acids is 1. The molecule has 0 spiro atoms. The molecule has 1 aromatic heterocycles. The lowest BCUT2D eigenvalue weighted by Crippen LogP contribution is -2.50. The highest BCUT2D eigenvalue weighted by Crippen LogP contribution is 2.19. The molecule has 39 heavy (non-hydrogen) atoms. The summed E-state index contributed by atoms with van der Waals surface area (Å²) >= 11 is 0. The number of aromatic amines is 2. The Morgan fingerprint density at radius 1 is 0.949 bits per heavy atom. The summed E-state index contributed by atoms with van der Waals surface area (Å²) in [5, 5.41) is 14.2. The van der Waals surface area contributed by atoms with Gasteiger partial charge in [-0.3, -0.25) is 0 Å². The first-order valence-corrected chi connectivity index (χ1v) is 14.0. The standard InChI is InChI=1S/C29H34N4O5S/c1-20(2)17-33(39(37)23-13-14-24-25(16-23)31-28(35)30-24)18-27(34)26(15-21-9-5-3-6-10-21)32-29(36)38-19-22-11-7-4-8-12-22/h3-14,16,20,26-27,34H,15,17-19H2,1-2H3,(H,32,36)(H2,30,31,35)/t26-,27?,39?/m0/s1. The van der Waals surface area contributed by atoms with Gasteiger partial charge < -0.3 is 25.1 Å². The Bertz CT molecular complexity index is 1440. The number of alkyl carbamates (subject to hydrolysis) is 1. The van der Waals surface area contributed by atoms with Gasteiger partial charge in [0, 0.05) is 13.1 Å². The molecule has 0 aliphatic heterocycles. The molecule has 4 rings (SSSR count). The van der Waals surface area contributed by atoms with Crippen LogP contribution in [0.5, 0.6) is 0 Å². The number of aliphatic hydroxyl groups is 1. The zero-order valence-electron chi connectivity index (χ0n) is 22.0. The van der Waals surface area contributed by atoms with E-state index < -0.39 is 29.2 Å². The second-order valence-corrected chi connectivity index (χ2v) is 11.3. The van der Waals surface area contributed by atoms with Crippen LogP contribution in [-0.2, 0) is 28.8 Å². The third-order valence-corrected chi connectivity index (χ3v) is 7.59. The highest BCUT2D eigenvalue weighted by molar-refractivity contribution is 7.82. The van der Waals surface area contributed by atoms with Gasteiger partial charge in [0.2, 0.25) is 0 Å². The topological polar surface area (TPSA) is 128 Å². The van der Waals surface area contributed by atoms with Crippen molar-refractivity contribution in [3.63, 3.8) is 0 Å². The molecule has 10 heteroatoms. The number of nitrogens with zero attached hydrogens (tertiary/aromatic N) is 1. The lowest BCUT2D eigenvalue weighted by Gasteiger charge is -2.30. The molecule has 4 N–H and O–H groups in total. The van der Waals surface area contributed by atoms with Crippen LogP contribution in [0, 0.1) is 5.92 Å². The van der Waals surface area contributed by atoms with Gasteiger partial charge in [-0.25, -0.2) is 18.1 Å². The fourth-order valence-corrected chi connectivity index (χ4v) is 5.71. The van der Waals surface area contributed by atoms with Crippen LogP contribution in [0.1, 0.15) is 25.0 Å². The first kappa shape index (κ1) is 28.3. The second-order valence-electron chi connectivity index (χ2n) is 9.85. The minimum Gasteiger partial charge on any atom is -0.445 e. The average Bonchev–Trinajstić information content (AvgIpc) is 3.31. The SMILES string of the molecule is CC(C)CN(CC(O)[C@H](Cc1ccccc1)NC(=O)OCc1ccccc1)S(=O)c1ccc2[nH]c(=O)[nH]c2c1. The summed E-state index contributed by atoms with van der Waals surface area (Å²) in [6, 6.07) is 23.3. The quantitative estimate of drug-likeness (QED) is 0.214. The van der Waals surface area contributed by atoms with E-state index in [1.54, 1.807) is 22.5 Å². The summed E-state index contributed by atoms with van der Waals surface area (Å²) in [5.41, 5.74) is 2.63. The summed E-state index contributed by atoms with van der Waals surface area (Å²) in [7, 11) is -1.62. The number of hydrogen-bond donors (Lipinski definition) is 4. The Balaban J connectivity index is 1.50. The summed E-state index contributed by atoms with van der Waals surface area (Å²) in [6.07, 6.45) is -1.33. The Hall–Kier alpha value is -3.73. The van der Waals surface area contributed by atoms with Crippen LogP contribution >= 0.6 is 0 Å². The largest absolute Gasteiger partial charge is 0.445 e. The van der Waals surface area contributed by atoms with E-state index in [1.165, 1.54) is 0 Å². The van der Waals surface area contributed by atoms with Crippen molar-refractivity contribution in [3.8, 4) is 0 Å². The Kier molecular flexibility index (Phi) is 9.69. The number of benzene rings is 3. The summed E-state index contributed by atoms with van der Waals surface area (Å²) in [6.45, 7) is 4.60. The van der Waals surface area contributed by atoms with Gasteiger partial charge in [0.15, 0.2) is 0 Å². The van der Waals surface area contributed by atoms with E-state index >= 15 is 0 Å². The summed E-state index contributed by atoms with van der Waals surface area (Å²) in [5.74, 6) is 0.160. The maximum Gasteiger partial charge on any atom is 0.407 e. The minimum absolute atomic E-state index is 0.0446. The molecule has 0 bridgehead atoms. The number of fused-ring (bicyclic) bond motifs is 1. The van der Waals surface area contributed by atoms with Crippen molar-refractivity contribution in [3.05, 3.63) is 100 Å². The van der Waals surface area contributed by atoms with Crippen molar-refractivity contribution in [1.29, 1.82) is 0 Å². The van der Waals surface area contributed by atoms with Crippen LogP contribution in [0.4, 0.5) is 4.79 Å². The third kappa shape index (κ3) is 8.13. The average molecular weight is 551 g/mol. The van der Waals surface area contributed by atoms with Crippen LogP contribution < -0.4 is 11.0 Å². The number of rotatable bonds is 12. The Morgan fingerprint density at radius 2 is 1.59 bits per heavy atom. The number of nitrogens with one attached hydrogen (secondary N) is 3. The number of hydrogen-bond acceptors (Lipinski definition) is 5. The minimum atomic E-state index is -1.62. The van der Waals surface area contributed by atoms with E-state index in [-0.39, 0.29) is 24.8 Å². The van der Waals surface area contributed by atoms with Gasteiger partial charge in [-0.15, -0.1) is 0 Å². The van der Waals surface area contributed by atoms with Gasteiger partial charge in [-0.2, -0.15) is 0 Å². The maximum atomic E-state index is 13.6. The number of imidazole rings is 1. The van der Waals surface area contributed by atoms with Crippen molar-refractivity contribution >= 4 is 28.1 Å². The van der Waals surface area contributed by atoms with Gasteiger partial charge in [0.05, 0.1) is 28.1 Å². The number of ether oxygens (including phenoxy) is 1. The molecule has 0 aliphatic carbocycles. The predicted octanol–water partition coefficient (Wildman–Crippen LogP) is 3.74. The molecule has 0 aliphatic rings. The van der Waals surface area contributed by atoms with Crippen LogP contribution in [0.2, 0.25) is 0 Å². The Morgan fingerprint density at radius 3 is 2.26 bits per heavy atom. The van der Waals surface area contributed by atoms with Crippen LogP contribution in [0.25, 0.3) is 11.0 Å². The number of H-pyrrole nitrogens is 2. The normalized spacial score (nSPS) is 13.9. The van der Waals surface area contributed by atoms with Crippen LogP contribution in [0.3, 0.4) is 0 Å². The van der Waals surface area contributed by atoms with Crippen molar-refractivity contribution < 1.29 is 18.8 Å². The number of aliphatic hydroxyl groups excluding tert-OH is 1. The van der Waals surface area contributed by atoms with Crippen molar-refractivity contribution in [2.75, 3.05) is 13.1 Å². The number of carbonyl (C=O) groups is 1. The van der Waals surface area contributed by atoms with Crippen molar-refractivity contribution in [2.24, 2.45) is 5.92 Å². The van der Waals surface area contributed by atoms with E-state index in [0.29, 0.717) is 28.9 Å². The van der Waals surface area contributed by atoms with Gasteiger partial charge in [0.25, 0.3) is 0 Å². The molecule has 2 unspecified atom stereocenters. The molecule has 0 saturated carbocycles. The lowest BCUT2D eigenvalue weighted by molar-refractivity contribution is 0.0883. The third-order valence-electron chi connectivity index (χ3n) is 6.16.